The molecule has 2 aromatic rings. The first-order chi connectivity index (χ1) is 10.4. The molecule has 2 heterocycles. The van der Waals surface area contributed by atoms with E-state index in [0.29, 0.717) is 9.88 Å². The topological polar surface area (TPSA) is 76.5 Å². The number of pyridine rings is 1. The number of oxime groups is 1. The van der Waals surface area contributed by atoms with Gasteiger partial charge in [-0.3, -0.25) is 9.78 Å². The summed E-state index contributed by atoms with van der Waals surface area (Å²) < 4.78 is 0. The highest BCUT2D eigenvalue weighted by molar-refractivity contribution is 7.17. The van der Waals surface area contributed by atoms with E-state index in [-0.39, 0.29) is 11.1 Å². The van der Waals surface area contributed by atoms with Gasteiger partial charge in [-0.05, 0) is 26.0 Å². The third-order valence-electron chi connectivity index (χ3n) is 2.62. The summed E-state index contributed by atoms with van der Waals surface area (Å²) in [7, 11) is 1.44. The molecule has 0 saturated carbocycles. The van der Waals surface area contributed by atoms with Crippen molar-refractivity contribution in [3.8, 4) is 10.6 Å². The van der Waals surface area contributed by atoms with Crippen molar-refractivity contribution >= 4 is 35.1 Å². The van der Waals surface area contributed by atoms with Crippen LogP contribution in [0.2, 0.25) is 5.15 Å². The fourth-order valence-electron chi connectivity index (χ4n) is 1.62. The largest absolute Gasteiger partial charge is 0.399 e. The van der Waals surface area contributed by atoms with Gasteiger partial charge in [-0.1, -0.05) is 16.8 Å². The van der Waals surface area contributed by atoms with Crippen LogP contribution in [0.5, 0.6) is 0 Å². The number of hydrogen-bond donors (Lipinski definition) is 1. The van der Waals surface area contributed by atoms with Crippen LogP contribution in [0.4, 0.5) is 0 Å². The molecular weight excluding hydrogens is 324 g/mol. The van der Waals surface area contributed by atoms with Gasteiger partial charge in [-0.15, -0.1) is 11.3 Å². The predicted molar refractivity (Wildman–Crippen MR) is 87.4 cm³/mol. The molecule has 0 aliphatic heterocycles. The second kappa shape index (κ2) is 6.85. The first-order valence-electron chi connectivity index (χ1n) is 6.40. The van der Waals surface area contributed by atoms with Crippen LogP contribution < -0.4 is 5.32 Å². The van der Waals surface area contributed by atoms with Crippen LogP contribution in [0.3, 0.4) is 0 Å². The van der Waals surface area contributed by atoms with Crippen molar-refractivity contribution < 1.29 is 9.63 Å². The maximum Gasteiger partial charge on any atom is 0.265 e. The molecule has 0 bridgehead atoms. The Bertz CT molecular complexity index is 685. The number of hydrogen-bond acceptors (Lipinski definition) is 6. The normalized spacial score (nSPS) is 11.6. The van der Waals surface area contributed by atoms with Crippen LogP contribution in [0.1, 0.15) is 23.5 Å². The fourth-order valence-corrected chi connectivity index (χ4v) is 2.80. The molecule has 0 unspecified atom stereocenters. The number of nitrogens with zero attached hydrogens (tertiary/aromatic N) is 3. The summed E-state index contributed by atoms with van der Waals surface area (Å²) in [6, 6.07) is 3.66. The molecule has 0 fully saturated rings. The number of nitrogens with one attached hydrogen (secondary N) is 1. The monoisotopic (exact) mass is 338 g/mol. The smallest absolute Gasteiger partial charge is 0.265 e. The molecule has 1 amide bonds. The zero-order valence-electron chi connectivity index (χ0n) is 12.3. The van der Waals surface area contributed by atoms with E-state index in [9.17, 15) is 4.79 Å². The van der Waals surface area contributed by atoms with Crippen molar-refractivity contribution in [2.24, 2.45) is 5.16 Å². The third-order valence-corrected chi connectivity index (χ3v) is 4.11. The average Bonchev–Trinajstić information content (AvgIpc) is 2.88. The number of carbonyl (C=O) groups is 1. The van der Waals surface area contributed by atoms with Gasteiger partial charge in [0.05, 0.1) is 11.8 Å². The number of carbonyl (C=O) groups excluding carboxylic acids is 1. The Labute approximate surface area is 137 Å². The number of rotatable bonds is 5. The van der Waals surface area contributed by atoms with Crippen LogP contribution in [0.25, 0.3) is 10.6 Å². The first-order valence-corrected chi connectivity index (χ1v) is 7.59. The molecule has 0 aliphatic carbocycles. The van der Waals surface area contributed by atoms with Gasteiger partial charge in [-0.25, -0.2) is 4.98 Å². The second-order valence-corrected chi connectivity index (χ2v) is 6.33. The lowest BCUT2D eigenvalue weighted by molar-refractivity contribution is 0.0936. The third kappa shape index (κ3) is 4.02. The lowest BCUT2D eigenvalue weighted by Gasteiger charge is -2.20. The van der Waals surface area contributed by atoms with Crippen molar-refractivity contribution in [2.75, 3.05) is 7.11 Å². The fraction of sp³-hybridized carbons (Fsp3) is 0.286. The van der Waals surface area contributed by atoms with Gasteiger partial charge in [0.15, 0.2) is 5.15 Å². The quantitative estimate of drug-likeness (QED) is 0.671. The standard InChI is InChI=1S/C14H15ClN4O2S/c1-14(2,8-17-21-3)19-12(20)10-11(15)18-13(22-10)9-5-4-6-16-7-9/h4-8H,1-3H3,(H,19,20). The van der Waals surface area contributed by atoms with Gasteiger partial charge in [0.2, 0.25) is 0 Å². The Hall–Kier alpha value is -1.99. The molecule has 2 aromatic heterocycles. The van der Waals surface area contributed by atoms with Gasteiger partial charge in [0, 0.05) is 18.0 Å². The first kappa shape index (κ1) is 16.4. The van der Waals surface area contributed by atoms with E-state index in [4.69, 9.17) is 11.6 Å². The van der Waals surface area contributed by atoms with E-state index in [1.165, 1.54) is 24.7 Å². The van der Waals surface area contributed by atoms with E-state index < -0.39 is 5.54 Å². The molecule has 22 heavy (non-hydrogen) atoms. The number of amides is 1. The molecule has 116 valence electrons. The van der Waals surface area contributed by atoms with E-state index in [2.05, 4.69) is 25.3 Å². The highest BCUT2D eigenvalue weighted by Crippen LogP contribution is 2.30. The van der Waals surface area contributed by atoms with Crippen LogP contribution >= 0.6 is 22.9 Å². The number of halogens is 1. The minimum absolute atomic E-state index is 0.167. The number of aromatic nitrogens is 2. The minimum Gasteiger partial charge on any atom is -0.399 e. The maximum absolute atomic E-state index is 12.3. The van der Waals surface area contributed by atoms with Crippen molar-refractivity contribution in [3.05, 3.63) is 34.6 Å². The van der Waals surface area contributed by atoms with Crippen LogP contribution in [0, 0.1) is 0 Å². The van der Waals surface area contributed by atoms with Crippen molar-refractivity contribution in [1.82, 2.24) is 15.3 Å². The molecule has 2 rings (SSSR count). The molecule has 0 saturated heterocycles. The summed E-state index contributed by atoms with van der Waals surface area (Å²) >= 11 is 7.30. The summed E-state index contributed by atoms with van der Waals surface area (Å²) in [6.07, 6.45) is 4.85. The summed E-state index contributed by atoms with van der Waals surface area (Å²) in [5, 5.41) is 7.30. The van der Waals surface area contributed by atoms with Crippen molar-refractivity contribution in [3.63, 3.8) is 0 Å². The van der Waals surface area contributed by atoms with Gasteiger partial charge in [0.1, 0.15) is 17.0 Å². The Morgan fingerprint density at radius 3 is 2.95 bits per heavy atom. The maximum atomic E-state index is 12.3. The van der Waals surface area contributed by atoms with Crippen LogP contribution in [-0.4, -0.2) is 34.7 Å². The lowest BCUT2D eigenvalue weighted by atomic mass is 10.1. The molecule has 0 aliphatic rings. The molecule has 8 heteroatoms. The zero-order chi connectivity index (χ0) is 16.2. The van der Waals surface area contributed by atoms with Crippen molar-refractivity contribution in [2.45, 2.75) is 19.4 Å². The summed E-state index contributed by atoms with van der Waals surface area (Å²) in [6.45, 7) is 3.59. The summed E-state index contributed by atoms with van der Waals surface area (Å²) in [5.74, 6) is -0.315. The Morgan fingerprint density at radius 2 is 2.32 bits per heavy atom. The van der Waals surface area contributed by atoms with Gasteiger partial charge < -0.3 is 10.2 Å². The predicted octanol–water partition coefficient (Wildman–Crippen LogP) is 3.00. The van der Waals surface area contributed by atoms with E-state index in [1.807, 2.05) is 6.07 Å². The molecule has 0 atom stereocenters. The Balaban J connectivity index is 2.21. The minimum atomic E-state index is -0.672. The van der Waals surface area contributed by atoms with E-state index in [1.54, 1.807) is 32.3 Å². The van der Waals surface area contributed by atoms with Gasteiger partial charge in [0.25, 0.3) is 5.91 Å². The lowest BCUT2D eigenvalue weighted by Crippen LogP contribution is -2.44. The molecule has 1 N–H and O–H groups in total. The highest BCUT2D eigenvalue weighted by Gasteiger charge is 2.24. The molecule has 0 spiro atoms. The molecule has 0 aromatic carbocycles. The second-order valence-electron chi connectivity index (χ2n) is 4.97. The van der Waals surface area contributed by atoms with Gasteiger partial charge >= 0.3 is 0 Å². The van der Waals surface area contributed by atoms with E-state index in [0.717, 1.165) is 5.56 Å². The highest BCUT2D eigenvalue weighted by atomic mass is 35.5. The van der Waals surface area contributed by atoms with E-state index >= 15 is 0 Å². The Morgan fingerprint density at radius 1 is 1.55 bits per heavy atom. The van der Waals surface area contributed by atoms with Crippen molar-refractivity contribution in [1.29, 1.82) is 0 Å². The molecule has 0 radical (unpaired) electrons. The summed E-state index contributed by atoms with van der Waals surface area (Å²) in [4.78, 5) is 25.6. The summed E-state index contributed by atoms with van der Waals surface area (Å²) in [5.41, 5.74) is 0.142. The Kier molecular flexibility index (Phi) is 5.10. The van der Waals surface area contributed by atoms with Crippen LogP contribution in [-0.2, 0) is 4.84 Å². The average molecular weight is 339 g/mol. The number of thiazole rings is 1. The SMILES string of the molecule is CON=CC(C)(C)NC(=O)c1sc(-c2cccnc2)nc1Cl. The molecular formula is C14H15ClN4O2S. The zero-order valence-corrected chi connectivity index (χ0v) is 13.9. The van der Waals surface area contributed by atoms with Crippen LogP contribution in [0.15, 0.2) is 29.7 Å². The molecule has 6 nitrogen and oxygen atoms in total. The van der Waals surface area contributed by atoms with Gasteiger partial charge in [-0.2, -0.15) is 0 Å².